The predicted octanol–water partition coefficient (Wildman–Crippen LogP) is 4.37. The van der Waals surface area contributed by atoms with Crippen molar-refractivity contribution >= 4 is 21.6 Å². The first kappa shape index (κ1) is 21.0. The largest absolute Gasteiger partial charge is 0.350 e. The van der Waals surface area contributed by atoms with Crippen LogP contribution in [0.1, 0.15) is 60.7 Å². The number of para-hydroxylation sites is 1. The molecule has 146 valence electrons. The highest BCUT2D eigenvalue weighted by molar-refractivity contribution is 7.92. The Balaban J connectivity index is 2.46. The molecule has 0 radical (unpaired) electrons. The number of benzene rings is 2. The van der Waals surface area contributed by atoms with Crippen LogP contribution in [-0.2, 0) is 10.0 Å². The average Bonchev–Trinajstić information content (AvgIpc) is 2.55. The molecule has 27 heavy (non-hydrogen) atoms. The van der Waals surface area contributed by atoms with Crippen LogP contribution in [0.2, 0.25) is 0 Å². The van der Waals surface area contributed by atoms with Crippen LogP contribution in [0.25, 0.3) is 0 Å². The lowest BCUT2D eigenvalue weighted by Gasteiger charge is -2.18. The number of carbonyl (C=O) groups is 1. The summed E-state index contributed by atoms with van der Waals surface area (Å²) in [6.45, 7) is 11.4. The molecule has 1 amide bonds. The zero-order valence-electron chi connectivity index (χ0n) is 16.8. The minimum atomic E-state index is -3.82. The van der Waals surface area contributed by atoms with Crippen LogP contribution in [-0.4, -0.2) is 20.4 Å². The Kier molecular flexibility index (Phi) is 6.31. The Hall–Kier alpha value is -2.34. The zero-order chi connectivity index (χ0) is 20.4. The molecule has 0 unspecified atom stereocenters. The summed E-state index contributed by atoms with van der Waals surface area (Å²) < 4.78 is 28.7. The fraction of sp³-hybridized carbons (Fsp3) is 0.381. The van der Waals surface area contributed by atoms with Gasteiger partial charge in [-0.1, -0.05) is 38.1 Å². The predicted molar refractivity (Wildman–Crippen MR) is 110 cm³/mol. The monoisotopic (exact) mass is 388 g/mol. The summed E-state index contributed by atoms with van der Waals surface area (Å²) >= 11 is 0. The molecule has 2 N–H and O–H groups in total. The molecule has 2 aromatic carbocycles. The topological polar surface area (TPSA) is 75.3 Å². The summed E-state index contributed by atoms with van der Waals surface area (Å²) in [5.41, 5.74) is 3.48. The molecule has 0 aliphatic carbocycles. The Morgan fingerprint density at radius 1 is 0.963 bits per heavy atom. The summed E-state index contributed by atoms with van der Waals surface area (Å²) in [6, 6.07) is 10.3. The van der Waals surface area contributed by atoms with E-state index in [9.17, 15) is 13.2 Å². The number of rotatable bonds is 6. The van der Waals surface area contributed by atoms with Gasteiger partial charge in [0.2, 0.25) is 0 Å². The highest BCUT2D eigenvalue weighted by Crippen LogP contribution is 2.30. The first-order valence-corrected chi connectivity index (χ1v) is 10.5. The maximum atomic E-state index is 13.0. The summed E-state index contributed by atoms with van der Waals surface area (Å²) in [7, 11) is -3.82. The number of anilines is 1. The number of sulfonamides is 1. The third-order valence-electron chi connectivity index (χ3n) is 4.35. The van der Waals surface area contributed by atoms with Crippen LogP contribution in [0.3, 0.4) is 0 Å². The van der Waals surface area contributed by atoms with E-state index in [0.29, 0.717) is 11.3 Å². The third-order valence-corrected chi connectivity index (χ3v) is 5.69. The van der Waals surface area contributed by atoms with Crippen LogP contribution < -0.4 is 10.0 Å². The molecule has 6 heteroatoms. The highest BCUT2D eigenvalue weighted by atomic mass is 32.2. The lowest BCUT2D eigenvalue weighted by molar-refractivity contribution is 0.0942. The van der Waals surface area contributed by atoms with E-state index < -0.39 is 10.0 Å². The lowest BCUT2D eigenvalue weighted by atomic mass is 9.99. The minimum Gasteiger partial charge on any atom is -0.350 e. The normalized spacial score (nSPS) is 11.7. The van der Waals surface area contributed by atoms with E-state index in [2.05, 4.69) is 10.0 Å². The van der Waals surface area contributed by atoms with Crippen LogP contribution in [0, 0.1) is 13.8 Å². The Labute approximate surface area is 162 Å². The molecule has 0 heterocycles. The quantitative estimate of drug-likeness (QED) is 0.772. The summed E-state index contributed by atoms with van der Waals surface area (Å²) in [4.78, 5) is 12.5. The minimum absolute atomic E-state index is 0.0316. The van der Waals surface area contributed by atoms with Crippen LogP contribution in [0.4, 0.5) is 5.69 Å². The molecule has 0 bridgehead atoms. The van der Waals surface area contributed by atoms with Gasteiger partial charge in [-0.25, -0.2) is 8.42 Å². The molecule has 0 saturated heterocycles. The second-order valence-corrected chi connectivity index (χ2v) is 9.09. The van der Waals surface area contributed by atoms with Crippen molar-refractivity contribution in [3.05, 3.63) is 58.7 Å². The first-order chi connectivity index (χ1) is 12.5. The van der Waals surface area contributed by atoms with E-state index >= 15 is 0 Å². The van der Waals surface area contributed by atoms with Gasteiger partial charge in [0.1, 0.15) is 0 Å². The number of carbonyl (C=O) groups excluding carboxylic acids is 1. The van der Waals surface area contributed by atoms with Gasteiger partial charge in [0.05, 0.1) is 10.6 Å². The Bertz CT molecular complexity index is 948. The molecular formula is C21H28N2O3S. The Morgan fingerprint density at radius 2 is 1.63 bits per heavy atom. The number of aryl methyl sites for hydroxylation is 2. The number of nitrogens with one attached hydrogen (secondary N) is 2. The third kappa shape index (κ3) is 4.89. The van der Waals surface area contributed by atoms with Gasteiger partial charge in [0, 0.05) is 11.6 Å². The molecule has 5 nitrogen and oxygen atoms in total. The summed E-state index contributed by atoms with van der Waals surface area (Å²) in [5, 5.41) is 2.81. The van der Waals surface area contributed by atoms with E-state index in [1.807, 2.05) is 52.8 Å². The van der Waals surface area contributed by atoms with Gasteiger partial charge in [0.15, 0.2) is 0 Å². The molecule has 0 atom stereocenters. The van der Waals surface area contributed by atoms with E-state index in [1.165, 1.54) is 12.1 Å². The molecular weight excluding hydrogens is 360 g/mol. The number of amides is 1. The fourth-order valence-corrected chi connectivity index (χ4v) is 4.04. The Morgan fingerprint density at radius 3 is 2.22 bits per heavy atom. The van der Waals surface area contributed by atoms with E-state index in [0.717, 1.165) is 16.7 Å². The fourth-order valence-electron chi connectivity index (χ4n) is 2.86. The van der Waals surface area contributed by atoms with Crippen molar-refractivity contribution in [3.8, 4) is 0 Å². The molecule has 0 aliphatic rings. The maximum Gasteiger partial charge on any atom is 0.261 e. The number of hydrogen-bond acceptors (Lipinski definition) is 3. The molecule has 0 spiro atoms. The number of hydrogen-bond donors (Lipinski definition) is 2. The second kappa shape index (κ2) is 8.13. The molecule has 0 aromatic heterocycles. The average molecular weight is 389 g/mol. The van der Waals surface area contributed by atoms with E-state index in [1.54, 1.807) is 13.0 Å². The van der Waals surface area contributed by atoms with Crippen molar-refractivity contribution in [1.82, 2.24) is 5.32 Å². The smallest absolute Gasteiger partial charge is 0.261 e. The van der Waals surface area contributed by atoms with Crippen molar-refractivity contribution in [2.24, 2.45) is 0 Å². The summed E-state index contributed by atoms with van der Waals surface area (Å²) in [6.07, 6.45) is 0. The molecule has 0 aliphatic heterocycles. The van der Waals surface area contributed by atoms with E-state index in [4.69, 9.17) is 0 Å². The molecule has 2 rings (SSSR count). The molecule has 0 fully saturated rings. The van der Waals surface area contributed by atoms with Crippen molar-refractivity contribution in [1.29, 1.82) is 0 Å². The van der Waals surface area contributed by atoms with Gasteiger partial charge in [-0.15, -0.1) is 0 Å². The van der Waals surface area contributed by atoms with Gasteiger partial charge in [-0.2, -0.15) is 0 Å². The van der Waals surface area contributed by atoms with Crippen LogP contribution in [0.5, 0.6) is 0 Å². The van der Waals surface area contributed by atoms with E-state index in [-0.39, 0.29) is 22.8 Å². The van der Waals surface area contributed by atoms with Crippen molar-refractivity contribution in [2.45, 2.75) is 58.4 Å². The van der Waals surface area contributed by atoms with Crippen LogP contribution >= 0.6 is 0 Å². The van der Waals surface area contributed by atoms with Crippen LogP contribution in [0.15, 0.2) is 41.3 Å². The maximum absolute atomic E-state index is 13.0. The van der Waals surface area contributed by atoms with Crippen molar-refractivity contribution in [2.75, 3.05) is 4.72 Å². The SMILES string of the molecule is Cc1ccc(S(=O)(=O)Nc2c(C)cccc2C(C)C)cc1C(=O)NC(C)C. The summed E-state index contributed by atoms with van der Waals surface area (Å²) in [5.74, 6) is -0.105. The van der Waals surface area contributed by atoms with Crippen molar-refractivity contribution in [3.63, 3.8) is 0 Å². The van der Waals surface area contributed by atoms with Gasteiger partial charge in [-0.3, -0.25) is 9.52 Å². The lowest BCUT2D eigenvalue weighted by Crippen LogP contribution is -2.30. The van der Waals surface area contributed by atoms with Gasteiger partial charge in [-0.05, 0) is 62.4 Å². The standard InChI is InChI=1S/C21H28N2O3S/c1-13(2)18-9-7-8-16(6)20(18)23-27(25,26)17-11-10-15(5)19(12-17)21(24)22-14(3)4/h7-14,23H,1-6H3,(H,22,24). The molecule has 0 saturated carbocycles. The second-order valence-electron chi connectivity index (χ2n) is 7.40. The highest BCUT2D eigenvalue weighted by Gasteiger charge is 2.21. The first-order valence-electron chi connectivity index (χ1n) is 9.06. The van der Waals surface area contributed by atoms with Gasteiger partial charge in [0.25, 0.3) is 15.9 Å². The van der Waals surface area contributed by atoms with Gasteiger partial charge < -0.3 is 5.32 Å². The molecule has 2 aromatic rings. The van der Waals surface area contributed by atoms with Gasteiger partial charge >= 0.3 is 0 Å². The van der Waals surface area contributed by atoms with Crippen molar-refractivity contribution < 1.29 is 13.2 Å². The zero-order valence-corrected chi connectivity index (χ0v) is 17.6.